The van der Waals surface area contributed by atoms with Crippen LogP contribution in [0.3, 0.4) is 0 Å². The van der Waals surface area contributed by atoms with Crippen LogP contribution in [0, 0.1) is 18.3 Å². The average Bonchev–Trinajstić information content (AvgIpc) is 2.54. The lowest BCUT2D eigenvalue weighted by atomic mass is 10.1. The summed E-state index contributed by atoms with van der Waals surface area (Å²) in [5.74, 6) is 0.333. The van der Waals surface area contributed by atoms with Crippen LogP contribution in [0.5, 0.6) is 5.75 Å². The van der Waals surface area contributed by atoms with Crippen LogP contribution in [-0.2, 0) is 4.79 Å². The molecule has 0 heterocycles. The Morgan fingerprint density at radius 2 is 2.00 bits per heavy atom. The van der Waals surface area contributed by atoms with Crippen molar-refractivity contribution in [3.63, 3.8) is 0 Å². The van der Waals surface area contributed by atoms with Crippen molar-refractivity contribution < 1.29 is 9.53 Å². The summed E-state index contributed by atoms with van der Waals surface area (Å²) in [6.45, 7) is 4.45. The lowest BCUT2D eigenvalue weighted by molar-refractivity contribution is -0.112. The van der Waals surface area contributed by atoms with Crippen LogP contribution in [0.25, 0.3) is 6.08 Å². The number of nitriles is 1. The molecule has 0 radical (unpaired) electrons. The molecule has 116 valence electrons. The van der Waals surface area contributed by atoms with Gasteiger partial charge in [-0.1, -0.05) is 24.3 Å². The Labute approximate surface area is 136 Å². The van der Waals surface area contributed by atoms with Gasteiger partial charge >= 0.3 is 0 Å². The molecule has 0 unspecified atom stereocenters. The minimum atomic E-state index is -0.424. The number of rotatable bonds is 5. The highest BCUT2D eigenvalue weighted by molar-refractivity contribution is 6.09. The van der Waals surface area contributed by atoms with Gasteiger partial charge in [0, 0.05) is 5.69 Å². The molecular weight excluding hydrogens is 288 g/mol. The first-order valence-corrected chi connectivity index (χ1v) is 7.35. The summed E-state index contributed by atoms with van der Waals surface area (Å²) in [5.41, 5.74) is 2.53. The Kier molecular flexibility index (Phi) is 5.54. The first-order chi connectivity index (χ1) is 11.1. The predicted molar refractivity (Wildman–Crippen MR) is 91.0 cm³/mol. The van der Waals surface area contributed by atoms with Crippen molar-refractivity contribution in [3.8, 4) is 11.8 Å². The fourth-order valence-electron chi connectivity index (χ4n) is 2.06. The molecule has 0 fully saturated rings. The van der Waals surface area contributed by atoms with Crippen LogP contribution < -0.4 is 10.1 Å². The van der Waals surface area contributed by atoms with Crippen molar-refractivity contribution >= 4 is 17.7 Å². The molecule has 0 aliphatic heterocycles. The number of benzene rings is 2. The average molecular weight is 306 g/mol. The largest absolute Gasteiger partial charge is 0.494 e. The van der Waals surface area contributed by atoms with Crippen LogP contribution in [-0.4, -0.2) is 12.5 Å². The van der Waals surface area contributed by atoms with E-state index in [2.05, 4.69) is 5.32 Å². The number of carbonyl (C=O) groups excluding carboxylic acids is 1. The molecule has 23 heavy (non-hydrogen) atoms. The minimum Gasteiger partial charge on any atom is -0.494 e. The van der Waals surface area contributed by atoms with E-state index in [1.165, 1.54) is 0 Å². The Morgan fingerprint density at radius 3 is 2.61 bits per heavy atom. The fourth-order valence-corrected chi connectivity index (χ4v) is 2.06. The molecule has 0 saturated carbocycles. The first kappa shape index (κ1) is 16.3. The van der Waals surface area contributed by atoms with Gasteiger partial charge in [0.1, 0.15) is 17.4 Å². The molecule has 0 aliphatic carbocycles. The van der Waals surface area contributed by atoms with Gasteiger partial charge in [-0.3, -0.25) is 4.79 Å². The maximum atomic E-state index is 12.2. The number of amides is 1. The van der Waals surface area contributed by atoms with Crippen LogP contribution in [0.4, 0.5) is 5.69 Å². The predicted octanol–water partition coefficient (Wildman–Crippen LogP) is 3.94. The van der Waals surface area contributed by atoms with Gasteiger partial charge in [0.2, 0.25) is 0 Å². The van der Waals surface area contributed by atoms with E-state index in [1.54, 1.807) is 12.1 Å². The number of aryl methyl sites for hydroxylation is 1. The van der Waals surface area contributed by atoms with Crippen LogP contribution in [0.1, 0.15) is 18.1 Å². The van der Waals surface area contributed by atoms with E-state index in [0.717, 1.165) is 16.9 Å². The first-order valence-electron chi connectivity index (χ1n) is 7.35. The van der Waals surface area contributed by atoms with Crippen LogP contribution in [0.15, 0.2) is 54.1 Å². The number of hydrogen-bond acceptors (Lipinski definition) is 3. The van der Waals surface area contributed by atoms with E-state index >= 15 is 0 Å². The van der Waals surface area contributed by atoms with Crippen molar-refractivity contribution in [1.82, 2.24) is 0 Å². The second-order valence-corrected chi connectivity index (χ2v) is 5.00. The molecule has 0 atom stereocenters. The molecule has 0 spiro atoms. The fraction of sp³-hybridized carbons (Fsp3) is 0.158. The second-order valence-electron chi connectivity index (χ2n) is 5.00. The highest BCUT2D eigenvalue weighted by Gasteiger charge is 2.09. The molecule has 0 aliphatic rings. The van der Waals surface area contributed by atoms with Crippen molar-refractivity contribution in [2.75, 3.05) is 11.9 Å². The van der Waals surface area contributed by atoms with E-state index in [0.29, 0.717) is 12.3 Å². The van der Waals surface area contributed by atoms with Gasteiger partial charge in [0.15, 0.2) is 0 Å². The highest BCUT2D eigenvalue weighted by Crippen LogP contribution is 2.16. The number of ether oxygens (including phenoxy) is 1. The van der Waals surface area contributed by atoms with Gasteiger partial charge in [0.25, 0.3) is 5.91 Å². The summed E-state index contributed by atoms with van der Waals surface area (Å²) in [4.78, 5) is 12.2. The van der Waals surface area contributed by atoms with Gasteiger partial charge in [-0.05, 0) is 55.3 Å². The smallest absolute Gasteiger partial charge is 0.266 e. The second kappa shape index (κ2) is 7.81. The number of nitrogens with one attached hydrogen (secondary N) is 1. The van der Waals surface area contributed by atoms with Crippen molar-refractivity contribution in [2.24, 2.45) is 0 Å². The third kappa shape index (κ3) is 4.72. The molecule has 0 bridgehead atoms. The lowest BCUT2D eigenvalue weighted by Crippen LogP contribution is -2.13. The summed E-state index contributed by atoms with van der Waals surface area (Å²) in [5, 5.41) is 12.0. The third-order valence-corrected chi connectivity index (χ3v) is 3.14. The minimum absolute atomic E-state index is 0.0515. The maximum absolute atomic E-state index is 12.2. The van der Waals surface area contributed by atoms with E-state index in [4.69, 9.17) is 4.74 Å². The number of anilines is 1. The van der Waals surface area contributed by atoms with Gasteiger partial charge in [-0.2, -0.15) is 5.26 Å². The van der Waals surface area contributed by atoms with Gasteiger partial charge in [-0.15, -0.1) is 0 Å². The normalized spacial score (nSPS) is 10.7. The molecule has 2 aromatic rings. The number of hydrogen-bond donors (Lipinski definition) is 1. The Bertz CT molecular complexity index is 756. The topological polar surface area (TPSA) is 62.1 Å². The van der Waals surface area contributed by atoms with Gasteiger partial charge < -0.3 is 10.1 Å². The molecule has 4 nitrogen and oxygen atoms in total. The zero-order chi connectivity index (χ0) is 16.7. The van der Waals surface area contributed by atoms with Crippen molar-refractivity contribution in [1.29, 1.82) is 5.26 Å². The summed E-state index contributed by atoms with van der Waals surface area (Å²) >= 11 is 0. The Hall–Kier alpha value is -3.06. The van der Waals surface area contributed by atoms with Crippen molar-refractivity contribution in [2.45, 2.75) is 13.8 Å². The zero-order valence-corrected chi connectivity index (χ0v) is 13.2. The summed E-state index contributed by atoms with van der Waals surface area (Å²) < 4.78 is 5.36. The molecule has 2 rings (SSSR count). The molecule has 4 heteroatoms. The molecule has 0 aromatic heterocycles. The lowest BCUT2D eigenvalue weighted by Gasteiger charge is -2.05. The molecular formula is C19H18N2O2. The highest BCUT2D eigenvalue weighted by atomic mass is 16.5. The molecule has 1 amide bonds. The van der Waals surface area contributed by atoms with Crippen LogP contribution in [0.2, 0.25) is 0 Å². The van der Waals surface area contributed by atoms with E-state index in [1.807, 2.05) is 62.4 Å². The molecule has 0 saturated heterocycles. The van der Waals surface area contributed by atoms with Crippen molar-refractivity contribution in [3.05, 3.63) is 65.2 Å². The summed E-state index contributed by atoms with van der Waals surface area (Å²) in [6, 6.07) is 16.6. The number of carbonyl (C=O) groups is 1. The third-order valence-electron chi connectivity index (χ3n) is 3.14. The van der Waals surface area contributed by atoms with Gasteiger partial charge in [-0.25, -0.2) is 0 Å². The Morgan fingerprint density at radius 1 is 1.26 bits per heavy atom. The standard InChI is InChI=1S/C19H18N2O2/c1-3-23-18-9-7-15(8-10-18)12-16(13-20)19(22)21-17-6-4-5-14(2)11-17/h4-12H,3H2,1-2H3,(H,21,22)/b16-12-. The van der Waals surface area contributed by atoms with Gasteiger partial charge in [0.05, 0.1) is 6.61 Å². The summed E-state index contributed by atoms with van der Waals surface area (Å²) in [7, 11) is 0. The quantitative estimate of drug-likeness (QED) is 0.672. The maximum Gasteiger partial charge on any atom is 0.266 e. The van der Waals surface area contributed by atoms with E-state index in [-0.39, 0.29) is 5.57 Å². The van der Waals surface area contributed by atoms with E-state index in [9.17, 15) is 10.1 Å². The molecule has 2 aromatic carbocycles. The zero-order valence-electron chi connectivity index (χ0n) is 13.2. The van der Waals surface area contributed by atoms with E-state index < -0.39 is 5.91 Å². The Balaban J connectivity index is 2.14. The SMILES string of the molecule is CCOc1ccc(/C=C(/C#N)C(=O)Nc2cccc(C)c2)cc1. The summed E-state index contributed by atoms with van der Waals surface area (Å²) in [6.07, 6.45) is 1.56. The molecule has 1 N–H and O–H groups in total. The number of nitrogens with zero attached hydrogens (tertiary/aromatic N) is 1. The monoisotopic (exact) mass is 306 g/mol. The van der Waals surface area contributed by atoms with Crippen LogP contribution >= 0.6 is 0 Å².